The minimum atomic E-state index is -1.42. The van der Waals surface area contributed by atoms with Crippen molar-refractivity contribution in [2.45, 2.75) is 37.9 Å². The Kier molecular flexibility index (Phi) is 5.02. The Balaban J connectivity index is 1.61. The van der Waals surface area contributed by atoms with E-state index in [1.165, 1.54) is 4.90 Å². The highest BCUT2D eigenvalue weighted by molar-refractivity contribution is 6.32. The van der Waals surface area contributed by atoms with Gasteiger partial charge in [-0.3, -0.25) is 29.4 Å². The molecule has 2 saturated heterocycles. The van der Waals surface area contributed by atoms with Gasteiger partial charge in [-0.2, -0.15) is 0 Å². The van der Waals surface area contributed by atoms with Gasteiger partial charge in [0.15, 0.2) is 0 Å². The van der Waals surface area contributed by atoms with Crippen molar-refractivity contribution in [2.24, 2.45) is 17.6 Å². The van der Waals surface area contributed by atoms with Crippen LogP contribution in [-0.2, 0) is 31.3 Å². The fraction of sp³-hybridized carbons (Fsp3) is 0.333. The summed E-state index contributed by atoms with van der Waals surface area (Å²) in [4.78, 5) is 53.5. The Bertz CT molecular complexity index is 1200. The van der Waals surface area contributed by atoms with Crippen LogP contribution >= 0.6 is 11.6 Å². The van der Waals surface area contributed by atoms with Crippen molar-refractivity contribution in [1.82, 2.24) is 10.2 Å². The number of likely N-dealkylation sites (tertiary alicyclic amines) is 1. The standard InChI is InChI=1S/C24H23ClN4O4/c1-12-15(25)8-7-14-20(12)27-23(33)24(14)19-18(16(28-24)9-10-17(26)30)21(31)29(22(19)32)11-13-5-3-2-4-6-13/h2-8,16,18-19,28H,9-11H2,1H3,(H2,26,30)(H,27,33)/t16-,18-,19-,24+/m1/s1. The molecule has 3 heterocycles. The zero-order valence-electron chi connectivity index (χ0n) is 17.9. The van der Waals surface area contributed by atoms with Crippen molar-refractivity contribution in [3.63, 3.8) is 0 Å². The van der Waals surface area contributed by atoms with E-state index >= 15 is 0 Å². The Hall–Kier alpha value is -3.23. The Morgan fingerprint density at radius 1 is 1.12 bits per heavy atom. The van der Waals surface area contributed by atoms with E-state index in [4.69, 9.17) is 17.3 Å². The highest BCUT2D eigenvalue weighted by atomic mass is 35.5. The molecule has 2 aromatic carbocycles. The molecule has 5 rings (SSSR count). The van der Waals surface area contributed by atoms with E-state index in [1.54, 1.807) is 19.1 Å². The first kappa shape index (κ1) is 21.6. The van der Waals surface area contributed by atoms with E-state index in [-0.39, 0.29) is 25.3 Å². The summed E-state index contributed by atoms with van der Waals surface area (Å²) in [7, 11) is 0. The lowest BCUT2D eigenvalue weighted by Crippen LogP contribution is -2.53. The number of rotatable bonds is 5. The average Bonchev–Trinajstić information content (AvgIpc) is 3.37. The van der Waals surface area contributed by atoms with Crippen LogP contribution in [-0.4, -0.2) is 34.6 Å². The van der Waals surface area contributed by atoms with E-state index in [2.05, 4.69) is 10.6 Å². The molecule has 8 nitrogen and oxygen atoms in total. The third-order valence-corrected chi connectivity index (χ3v) is 7.47. The molecule has 2 aromatic rings. The quantitative estimate of drug-likeness (QED) is 0.580. The molecule has 0 unspecified atom stereocenters. The predicted molar refractivity (Wildman–Crippen MR) is 121 cm³/mol. The second kappa shape index (κ2) is 7.67. The number of primary amides is 1. The molecule has 3 aliphatic heterocycles. The van der Waals surface area contributed by atoms with Crippen LogP contribution in [0.25, 0.3) is 0 Å². The SMILES string of the molecule is Cc1c(Cl)ccc2c1NC(=O)[C@]21N[C@H](CCC(N)=O)[C@H]2C(=O)N(Cc3ccccc3)C(=O)[C@@H]21. The highest BCUT2D eigenvalue weighted by Gasteiger charge is 2.70. The van der Waals surface area contributed by atoms with Gasteiger partial charge >= 0.3 is 0 Å². The summed E-state index contributed by atoms with van der Waals surface area (Å²) < 4.78 is 0. The van der Waals surface area contributed by atoms with Crippen LogP contribution in [0.15, 0.2) is 42.5 Å². The first-order chi connectivity index (χ1) is 15.8. The molecule has 0 aliphatic carbocycles. The fourth-order valence-corrected chi connectivity index (χ4v) is 5.67. The zero-order chi connectivity index (χ0) is 23.5. The monoisotopic (exact) mass is 466 g/mol. The fourth-order valence-electron chi connectivity index (χ4n) is 5.52. The number of carbonyl (C=O) groups excluding carboxylic acids is 4. The molecule has 2 fully saturated rings. The lowest BCUT2D eigenvalue weighted by Gasteiger charge is -2.29. The minimum Gasteiger partial charge on any atom is -0.370 e. The summed E-state index contributed by atoms with van der Waals surface area (Å²) in [5.41, 5.74) is 6.59. The highest BCUT2D eigenvalue weighted by Crippen LogP contribution is 2.54. The number of carbonyl (C=O) groups is 4. The molecule has 4 amide bonds. The van der Waals surface area contributed by atoms with Gasteiger partial charge in [0, 0.05) is 23.0 Å². The van der Waals surface area contributed by atoms with Gasteiger partial charge in [-0.05, 0) is 30.5 Å². The number of nitrogens with zero attached hydrogens (tertiary/aromatic N) is 1. The molecular formula is C24H23ClN4O4. The van der Waals surface area contributed by atoms with E-state index in [9.17, 15) is 19.2 Å². The molecule has 3 aliphatic rings. The van der Waals surface area contributed by atoms with Gasteiger partial charge in [-0.1, -0.05) is 48.0 Å². The molecule has 170 valence electrons. The van der Waals surface area contributed by atoms with Crippen molar-refractivity contribution in [3.05, 3.63) is 64.2 Å². The second-order valence-electron chi connectivity index (χ2n) is 8.86. The Morgan fingerprint density at radius 3 is 2.55 bits per heavy atom. The summed E-state index contributed by atoms with van der Waals surface area (Å²) in [6.45, 7) is 1.92. The summed E-state index contributed by atoms with van der Waals surface area (Å²) >= 11 is 6.27. The van der Waals surface area contributed by atoms with Gasteiger partial charge < -0.3 is 11.1 Å². The van der Waals surface area contributed by atoms with Crippen molar-refractivity contribution in [1.29, 1.82) is 0 Å². The molecule has 0 aromatic heterocycles. The number of hydrogen-bond donors (Lipinski definition) is 3. The number of nitrogens with one attached hydrogen (secondary N) is 2. The minimum absolute atomic E-state index is 0.0330. The summed E-state index contributed by atoms with van der Waals surface area (Å²) in [6.07, 6.45) is 0.275. The van der Waals surface area contributed by atoms with Crippen molar-refractivity contribution >= 4 is 40.9 Å². The van der Waals surface area contributed by atoms with Gasteiger partial charge in [0.05, 0.1) is 24.1 Å². The molecule has 33 heavy (non-hydrogen) atoms. The molecular weight excluding hydrogens is 444 g/mol. The molecule has 0 saturated carbocycles. The van der Waals surface area contributed by atoms with Crippen molar-refractivity contribution in [3.8, 4) is 0 Å². The third-order valence-electron chi connectivity index (χ3n) is 7.06. The number of halogens is 1. The smallest absolute Gasteiger partial charge is 0.250 e. The van der Waals surface area contributed by atoms with E-state index in [1.807, 2.05) is 30.3 Å². The Morgan fingerprint density at radius 2 is 1.85 bits per heavy atom. The summed E-state index contributed by atoms with van der Waals surface area (Å²) in [5.74, 6) is -3.38. The molecule has 4 N–H and O–H groups in total. The zero-order valence-corrected chi connectivity index (χ0v) is 18.7. The number of nitrogens with two attached hydrogens (primary N) is 1. The molecule has 0 radical (unpaired) electrons. The molecule has 1 spiro atoms. The lowest BCUT2D eigenvalue weighted by molar-refractivity contribution is -0.143. The largest absolute Gasteiger partial charge is 0.370 e. The maximum atomic E-state index is 13.7. The second-order valence-corrected chi connectivity index (χ2v) is 9.27. The van der Waals surface area contributed by atoms with Crippen molar-refractivity contribution < 1.29 is 19.2 Å². The van der Waals surface area contributed by atoms with Crippen LogP contribution in [0.4, 0.5) is 5.69 Å². The van der Waals surface area contributed by atoms with Gasteiger partial charge in [-0.15, -0.1) is 0 Å². The van der Waals surface area contributed by atoms with Crippen LogP contribution in [0, 0.1) is 18.8 Å². The lowest BCUT2D eigenvalue weighted by atomic mass is 9.76. The van der Waals surface area contributed by atoms with Crippen LogP contribution in [0.3, 0.4) is 0 Å². The molecule has 9 heteroatoms. The maximum absolute atomic E-state index is 13.7. The van der Waals surface area contributed by atoms with Gasteiger partial charge in [-0.25, -0.2) is 0 Å². The van der Waals surface area contributed by atoms with E-state index in [0.29, 0.717) is 21.8 Å². The number of hydrogen-bond acceptors (Lipinski definition) is 5. The Labute approximate surface area is 195 Å². The normalized spacial score (nSPS) is 27.8. The molecule has 4 atom stereocenters. The van der Waals surface area contributed by atoms with Crippen LogP contribution < -0.4 is 16.4 Å². The van der Waals surface area contributed by atoms with Crippen LogP contribution in [0.5, 0.6) is 0 Å². The summed E-state index contributed by atoms with van der Waals surface area (Å²) in [6, 6.07) is 12.1. The first-order valence-corrected chi connectivity index (χ1v) is 11.2. The third kappa shape index (κ3) is 3.08. The maximum Gasteiger partial charge on any atom is 0.250 e. The van der Waals surface area contributed by atoms with Gasteiger partial charge in [0.2, 0.25) is 23.6 Å². The summed E-state index contributed by atoms with van der Waals surface area (Å²) in [5, 5.41) is 6.66. The van der Waals surface area contributed by atoms with E-state index < -0.39 is 41.1 Å². The van der Waals surface area contributed by atoms with Crippen LogP contribution in [0.1, 0.15) is 29.5 Å². The van der Waals surface area contributed by atoms with E-state index in [0.717, 1.165) is 5.56 Å². The van der Waals surface area contributed by atoms with Crippen molar-refractivity contribution in [2.75, 3.05) is 5.32 Å². The van der Waals surface area contributed by atoms with Crippen LogP contribution in [0.2, 0.25) is 5.02 Å². The number of benzene rings is 2. The number of amides is 4. The topological polar surface area (TPSA) is 122 Å². The number of fused-ring (bicyclic) bond motifs is 4. The number of imide groups is 1. The molecule has 0 bridgehead atoms. The predicted octanol–water partition coefficient (Wildman–Crippen LogP) is 1.83. The number of anilines is 1. The average molecular weight is 467 g/mol. The van der Waals surface area contributed by atoms with Gasteiger partial charge in [0.25, 0.3) is 0 Å². The first-order valence-electron chi connectivity index (χ1n) is 10.8. The van der Waals surface area contributed by atoms with Gasteiger partial charge in [0.1, 0.15) is 5.54 Å².